The summed E-state index contributed by atoms with van der Waals surface area (Å²) in [5, 5.41) is 66.5. The number of rotatable bonds is 9. The summed E-state index contributed by atoms with van der Waals surface area (Å²) in [7, 11) is 1.75. The molecule has 10 bridgehead atoms. The van der Waals surface area contributed by atoms with Crippen LogP contribution < -0.4 is 15.4 Å². The van der Waals surface area contributed by atoms with Gasteiger partial charge in [0, 0.05) is 66.6 Å². The molecule has 0 saturated heterocycles. The SMILES string of the molecule is CC[C@H]1CC[C@@H]2[C@@H]3Cc4cccc(c4)C[C@H](O)/C=C4/C[C@H](c5cc(NC[C@H](C)O)cc([C@@H](O)CNC)c5)C#C[C@@H]5CC(=O)Oc6c5cc(c(O)c6C5CCCCC5)C[C@@H](OC4=O)[C@@]1(O)[C@H]2CCC3=O. The van der Waals surface area contributed by atoms with Crippen molar-refractivity contribution in [2.45, 2.75) is 158 Å². The maximum Gasteiger partial charge on any atom is 0.334 e. The molecular formula is C57H70N2O10. The number of esters is 2. The van der Waals surface area contributed by atoms with Gasteiger partial charge in [-0.1, -0.05) is 74.8 Å². The molecule has 3 aliphatic heterocycles. The molecule has 0 unspecified atom stereocenters. The molecule has 3 aromatic carbocycles. The minimum Gasteiger partial charge on any atom is -0.507 e. The number of anilines is 1. The van der Waals surface area contributed by atoms with Crippen LogP contribution in [0.1, 0.15) is 154 Å². The molecule has 9 rings (SSSR count). The predicted molar refractivity (Wildman–Crippen MR) is 262 cm³/mol. The first-order valence-electron chi connectivity index (χ1n) is 25.7. The number of aliphatic hydroxyl groups is 4. The molecule has 69 heavy (non-hydrogen) atoms. The first-order valence-corrected chi connectivity index (χ1v) is 25.7. The molecule has 6 aliphatic rings. The van der Waals surface area contributed by atoms with Gasteiger partial charge in [0.2, 0.25) is 0 Å². The summed E-state index contributed by atoms with van der Waals surface area (Å²) >= 11 is 0. The molecule has 11 atom stereocenters. The number of fused-ring (bicyclic) bond motifs is 7. The maximum absolute atomic E-state index is 15.5. The number of hydrogen-bond acceptors (Lipinski definition) is 12. The van der Waals surface area contributed by atoms with Crippen LogP contribution in [0.15, 0.2) is 60.2 Å². The number of carbonyl (C=O) groups is 3. The number of likely N-dealkylation sites (N-methyl/N-ethyl adjacent to an activating group) is 1. The van der Waals surface area contributed by atoms with Crippen molar-refractivity contribution >= 4 is 23.4 Å². The highest BCUT2D eigenvalue weighted by Crippen LogP contribution is 2.56. The Morgan fingerprint density at radius 3 is 2.39 bits per heavy atom. The van der Waals surface area contributed by atoms with Crippen LogP contribution in [0.2, 0.25) is 0 Å². The van der Waals surface area contributed by atoms with E-state index < -0.39 is 59.7 Å². The number of nitrogens with one attached hydrogen (secondary N) is 2. The fraction of sp³-hybridized carbons (Fsp3) is 0.561. The Bertz CT molecular complexity index is 2520. The van der Waals surface area contributed by atoms with Crippen molar-refractivity contribution < 1.29 is 49.4 Å². The highest BCUT2D eigenvalue weighted by molar-refractivity contribution is 5.89. The van der Waals surface area contributed by atoms with E-state index in [1.807, 2.05) is 55.5 Å². The van der Waals surface area contributed by atoms with Gasteiger partial charge in [-0.25, -0.2) is 4.79 Å². The van der Waals surface area contributed by atoms with Crippen LogP contribution >= 0.6 is 0 Å². The van der Waals surface area contributed by atoms with Crippen LogP contribution in [-0.4, -0.2) is 87.3 Å². The lowest BCUT2D eigenvalue weighted by molar-refractivity contribution is -0.212. The van der Waals surface area contributed by atoms with Gasteiger partial charge in [-0.3, -0.25) is 9.59 Å². The largest absolute Gasteiger partial charge is 0.507 e. The fourth-order valence-corrected chi connectivity index (χ4v) is 13.1. The summed E-state index contributed by atoms with van der Waals surface area (Å²) in [4.78, 5) is 43.3. The highest BCUT2D eigenvalue weighted by atomic mass is 16.6. The molecule has 0 amide bonds. The number of Topliss-reactive ketones (excluding diaryl/α,β-unsaturated/α-hetero) is 1. The van der Waals surface area contributed by atoms with E-state index >= 15 is 4.79 Å². The van der Waals surface area contributed by atoms with Crippen molar-refractivity contribution in [3.05, 3.63) is 99.1 Å². The van der Waals surface area contributed by atoms with Crippen LogP contribution in [0, 0.1) is 35.5 Å². The number of hydrogen-bond donors (Lipinski definition) is 7. The Balaban J connectivity index is 1.29. The number of phenolic OH excluding ortho intramolecular Hbond substituents is 1. The van der Waals surface area contributed by atoms with Crippen LogP contribution in [-0.2, 0) is 38.4 Å². The summed E-state index contributed by atoms with van der Waals surface area (Å²) < 4.78 is 13.0. The standard InChI is InChI=1S/C57H70N2O10/c1-4-42-15-16-45-47-21-34-10-8-9-33(19-34)20-44(61)26-41-22-36(38-23-39(50(63)31-58-3)25-43(24-38)59-30-32(2)60)13-14-37-29-52(64)69-55-46(37)27-40(54(65)53(55)35-11-6-5-7-12-35)28-51(68-56(41)66)57(42,67)48(45)17-18-49(47)62/h8-10,19,23-27,32,35-37,42,44-45,47-48,50-51,58-61,63,65,67H,4-7,11-12,15-18,20-22,28-31H2,1-3H3/b41-26-/t32-,36+,37+,42-,44-,45+,47-,48-,50-,51+,57-/m0/s1. The highest BCUT2D eigenvalue weighted by Gasteiger charge is 2.59. The molecule has 12 nitrogen and oxygen atoms in total. The van der Waals surface area contributed by atoms with Crippen LogP contribution in [0.25, 0.3) is 0 Å². The van der Waals surface area contributed by atoms with E-state index in [-0.39, 0.29) is 86.0 Å². The minimum atomic E-state index is -1.62. The minimum absolute atomic E-state index is 0.0258. The van der Waals surface area contributed by atoms with Crippen molar-refractivity contribution in [3.63, 3.8) is 0 Å². The Labute approximate surface area is 406 Å². The zero-order chi connectivity index (χ0) is 48.6. The molecule has 3 fully saturated rings. The summed E-state index contributed by atoms with van der Waals surface area (Å²) in [6.07, 6.45) is 5.33. The van der Waals surface area contributed by atoms with Crippen molar-refractivity contribution in [1.82, 2.24) is 5.32 Å². The lowest BCUT2D eigenvalue weighted by Crippen LogP contribution is -2.63. The summed E-state index contributed by atoms with van der Waals surface area (Å²) in [5.41, 5.74) is 3.88. The quantitative estimate of drug-likeness (QED) is 0.0641. The lowest BCUT2D eigenvalue weighted by Gasteiger charge is -2.56. The molecule has 0 spiro atoms. The smallest absolute Gasteiger partial charge is 0.334 e. The Hall–Kier alpha value is -5.03. The zero-order valence-electron chi connectivity index (χ0n) is 40.3. The molecule has 7 N–H and O–H groups in total. The van der Waals surface area contributed by atoms with Crippen LogP contribution in [0.4, 0.5) is 5.69 Å². The van der Waals surface area contributed by atoms with Gasteiger partial charge in [-0.05, 0) is 135 Å². The molecule has 3 aromatic rings. The number of aromatic hydroxyl groups is 1. The van der Waals surface area contributed by atoms with E-state index in [1.54, 1.807) is 14.0 Å². The summed E-state index contributed by atoms with van der Waals surface area (Å²) in [6.45, 7) is 4.20. The summed E-state index contributed by atoms with van der Waals surface area (Å²) in [6, 6.07) is 15.3. The van der Waals surface area contributed by atoms with Crippen molar-refractivity contribution in [3.8, 4) is 23.3 Å². The normalized spacial score (nSPS) is 31.1. The third-order valence-electron chi connectivity index (χ3n) is 16.4. The molecule has 0 radical (unpaired) electrons. The van der Waals surface area contributed by atoms with Gasteiger partial charge < -0.3 is 45.6 Å². The van der Waals surface area contributed by atoms with Crippen molar-refractivity contribution in [1.29, 1.82) is 0 Å². The Morgan fingerprint density at radius 1 is 0.870 bits per heavy atom. The number of ether oxygens (including phenoxy) is 2. The fourth-order valence-electron chi connectivity index (χ4n) is 13.1. The lowest BCUT2D eigenvalue weighted by atomic mass is 9.53. The van der Waals surface area contributed by atoms with E-state index in [1.165, 1.54) is 6.08 Å². The van der Waals surface area contributed by atoms with E-state index in [4.69, 9.17) is 9.47 Å². The molecule has 368 valence electrons. The van der Waals surface area contributed by atoms with E-state index in [9.17, 15) is 35.1 Å². The summed E-state index contributed by atoms with van der Waals surface area (Å²) in [5.74, 6) is 3.46. The number of ketones is 1. The first-order chi connectivity index (χ1) is 33.2. The number of benzene rings is 3. The van der Waals surface area contributed by atoms with E-state index in [0.29, 0.717) is 64.9 Å². The number of aliphatic hydroxyl groups excluding tert-OH is 3. The van der Waals surface area contributed by atoms with Gasteiger partial charge in [0.25, 0.3) is 0 Å². The zero-order valence-corrected chi connectivity index (χ0v) is 40.3. The van der Waals surface area contributed by atoms with Gasteiger partial charge in [0.15, 0.2) is 0 Å². The average Bonchev–Trinajstić information content (AvgIpc) is 3.33. The molecular weight excluding hydrogens is 873 g/mol. The van der Waals surface area contributed by atoms with Crippen LogP contribution in [0.3, 0.4) is 0 Å². The number of carbonyl (C=O) groups excluding carboxylic acids is 3. The second-order valence-electron chi connectivity index (χ2n) is 21.1. The number of phenols is 1. The maximum atomic E-state index is 15.5. The molecule has 3 saturated carbocycles. The van der Waals surface area contributed by atoms with Crippen molar-refractivity contribution in [2.75, 3.05) is 25.5 Å². The van der Waals surface area contributed by atoms with Gasteiger partial charge >= 0.3 is 11.9 Å². The third-order valence-corrected chi connectivity index (χ3v) is 16.4. The molecule has 3 aliphatic carbocycles. The Morgan fingerprint density at radius 2 is 1.64 bits per heavy atom. The molecule has 3 heterocycles. The van der Waals surface area contributed by atoms with Gasteiger partial charge in [0.05, 0.1) is 30.7 Å². The Kier molecular flexibility index (Phi) is 14.7. The van der Waals surface area contributed by atoms with Crippen molar-refractivity contribution in [2.24, 2.45) is 23.7 Å². The van der Waals surface area contributed by atoms with Gasteiger partial charge in [0.1, 0.15) is 29.0 Å². The van der Waals surface area contributed by atoms with Gasteiger partial charge in [-0.15, -0.1) is 0 Å². The second-order valence-corrected chi connectivity index (χ2v) is 21.1. The van der Waals surface area contributed by atoms with Crippen LogP contribution in [0.5, 0.6) is 11.5 Å². The van der Waals surface area contributed by atoms with E-state index in [0.717, 1.165) is 49.7 Å². The third kappa shape index (κ3) is 10.1. The second kappa shape index (κ2) is 20.7. The topological polar surface area (TPSA) is 195 Å². The molecule has 12 heteroatoms. The predicted octanol–water partition coefficient (Wildman–Crippen LogP) is 7.37. The monoisotopic (exact) mass is 943 g/mol. The molecule has 0 aromatic heterocycles. The van der Waals surface area contributed by atoms with E-state index in [2.05, 4.69) is 22.5 Å². The average molecular weight is 943 g/mol. The first kappa shape index (κ1) is 49.0. The van der Waals surface area contributed by atoms with Gasteiger partial charge in [-0.2, -0.15) is 0 Å².